The van der Waals surface area contributed by atoms with Gasteiger partial charge in [-0.05, 0) is 19.4 Å². The summed E-state index contributed by atoms with van der Waals surface area (Å²) in [5.74, 6) is 0.104. The molecule has 3 aromatic heterocycles. The van der Waals surface area contributed by atoms with Crippen molar-refractivity contribution in [1.82, 2.24) is 23.7 Å². The molecule has 0 aliphatic heterocycles. The van der Waals surface area contributed by atoms with Crippen LogP contribution >= 0.6 is 0 Å². The second-order valence-electron chi connectivity index (χ2n) is 7.76. The zero-order valence-corrected chi connectivity index (χ0v) is 19.2. The van der Waals surface area contributed by atoms with E-state index in [4.69, 9.17) is 13.9 Å². The molecule has 1 aromatic carbocycles. The maximum atomic E-state index is 13.3. The lowest BCUT2D eigenvalue weighted by molar-refractivity contribution is -0.146. The SMILES string of the molecule is COCCn1cnc2c1c(=O)n(CC(=O)OCc1nc(C)c(C)o1)c(=O)n2Cc1ccccc1. The molecular weight excluding hydrogens is 442 g/mol. The number of benzene rings is 1. The number of nitrogens with zero attached hydrogens (tertiary/aromatic N) is 5. The van der Waals surface area contributed by atoms with Crippen LogP contribution in [0.2, 0.25) is 0 Å². The number of methoxy groups -OCH3 is 1. The number of carbonyl (C=O) groups is 1. The molecule has 0 saturated carbocycles. The van der Waals surface area contributed by atoms with E-state index < -0.39 is 23.8 Å². The maximum absolute atomic E-state index is 13.3. The molecule has 0 radical (unpaired) electrons. The number of rotatable bonds is 9. The number of carbonyl (C=O) groups excluding carboxylic acids is 1. The summed E-state index contributed by atoms with van der Waals surface area (Å²) in [4.78, 5) is 47.6. The summed E-state index contributed by atoms with van der Waals surface area (Å²) in [7, 11) is 1.55. The first-order valence-electron chi connectivity index (χ1n) is 10.7. The molecule has 0 aliphatic carbocycles. The maximum Gasteiger partial charge on any atom is 0.333 e. The fourth-order valence-electron chi connectivity index (χ4n) is 3.56. The molecule has 4 aromatic rings. The number of imidazole rings is 1. The minimum absolute atomic E-state index is 0.182. The number of aryl methyl sites for hydroxylation is 2. The summed E-state index contributed by atoms with van der Waals surface area (Å²) in [5, 5.41) is 0. The van der Waals surface area contributed by atoms with Crippen molar-refractivity contribution in [3.63, 3.8) is 0 Å². The molecule has 0 atom stereocenters. The molecule has 3 heterocycles. The van der Waals surface area contributed by atoms with E-state index >= 15 is 0 Å². The summed E-state index contributed by atoms with van der Waals surface area (Å²) < 4.78 is 19.6. The summed E-state index contributed by atoms with van der Waals surface area (Å²) >= 11 is 0. The summed E-state index contributed by atoms with van der Waals surface area (Å²) in [6.07, 6.45) is 1.49. The van der Waals surface area contributed by atoms with Gasteiger partial charge in [0.05, 0.1) is 25.2 Å². The van der Waals surface area contributed by atoms with Gasteiger partial charge < -0.3 is 18.5 Å². The monoisotopic (exact) mass is 467 g/mol. The lowest BCUT2D eigenvalue weighted by atomic mass is 10.2. The van der Waals surface area contributed by atoms with Crippen LogP contribution in [0.3, 0.4) is 0 Å². The highest BCUT2D eigenvalue weighted by atomic mass is 16.5. The van der Waals surface area contributed by atoms with Gasteiger partial charge in [-0.25, -0.2) is 19.3 Å². The molecule has 11 nitrogen and oxygen atoms in total. The number of hydrogen-bond acceptors (Lipinski definition) is 8. The Labute approximate surface area is 194 Å². The predicted molar refractivity (Wildman–Crippen MR) is 121 cm³/mol. The Morgan fingerprint density at radius 3 is 2.56 bits per heavy atom. The summed E-state index contributed by atoms with van der Waals surface area (Å²) in [6.45, 7) is 3.66. The first kappa shape index (κ1) is 23.2. The van der Waals surface area contributed by atoms with E-state index in [1.807, 2.05) is 30.3 Å². The minimum Gasteiger partial charge on any atom is -0.454 e. The van der Waals surface area contributed by atoms with Crippen LogP contribution in [0.4, 0.5) is 0 Å². The molecule has 34 heavy (non-hydrogen) atoms. The first-order chi connectivity index (χ1) is 16.4. The van der Waals surface area contributed by atoms with Crippen molar-refractivity contribution in [1.29, 1.82) is 0 Å². The van der Waals surface area contributed by atoms with Crippen LogP contribution in [0, 0.1) is 13.8 Å². The largest absolute Gasteiger partial charge is 0.454 e. The zero-order valence-electron chi connectivity index (χ0n) is 19.2. The van der Waals surface area contributed by atoms with E-state index in [1.165, 1.54) is 10.9 Å². The van der Waals surface area contributed by atoms with Gasteiger partial charge in [0.15, 0.2) is 17.8 Å². The van der Waals surface area contributed by atoms with E-state index in [9.17, 15) is 14.4 Å². The molecule has 11 heteroatoms. The Balaban J connectivity index is 1.70. The molecule has 178 valence electrons. The number of esters is 1. The van der Waals surface area contributed by atoms with Crippen LogP contribution < -0.4 is 11.2 Å². The second-order valence-corrected chi connectivity index (χ2v) is 7.76. The quantitative estimate of drug-likeness (QED) is 0.339. The van der Waals surface area contributed by atoms with Gasteiger partial charge in [0.25, 0.3) is 5.56 Å². The average Bonchev–Trinajstić information content (AvgIpc) is 3.40. The fourth-order valence-corrected chi connectivity index (χ4v) is 3.56. The topological polar surface area (TPSA) is 123 Å². The molecule has 0 aliphatic rings. The van der Waals surface area contributed by atoms with Crippen molar-refractivity contribution in [2.45, 2.75) is 40.1 Å². The van der Waals surface area contributed by atoms with Gasteiger partial charge in [-0.3, -0.25) is 14.2 Å². The van der Waals surface area contributed by atoms with E-state index in [1.54, 1.807) is 25.5 Å². The molecule has 0 spiro atoms. The van der Waals surface area contributed by atoms with Crippen LogP contribution in [0.15, 0.2) is 50.7 Å². The Kier molecular flexibility index (Phi) is 6.73. The van der Waals surface area contributed by atoms with Gasteiger partial charge in [-0.1, -0.05) is 30.3 Å². The zero-order chi connectivity index (χ0) is 24.2. The van der Waals surface area contributed by atoms with Gasteiger partial charge in [0.1, 0.15) is 12.3 Å². The molecular formula is C23H25N5O6. The predicted octanol–water partition coefficient (Wildman–Crippen LogP) is 1.40. The molecule has 0 unspecified atom stereocenters. The lowest BCUT2D eigenvalue weighted by Gasteiger charge is -2.12. The van der Waals surface area contributed by atoms with Crippen LogP contribution in [-0.4, -0.2) is 43.4 Å². The smallest absolute Gasteiger partial charge is 0.333 e. The highest BCUT2D eigenvalue weighted by molar-refractivity contribution is 5.72. The van der Waals surface area contributed by atoms with Gasteiger partial charge in [0, 0.05) is 13.7 Å². The van der Waals surface area contributed by atoms with E-state index in [2.05, 4.69) is 9.97 Å². The van der Waals surface area contributed by atoms with Gasteiger partial charge >= 0.3 is 11.7 Å². The minimum atomic E-state index is -0.763. The molecule has 0 amide bonds. The van der Waals surface area contributed by atoms with Crippen LogP contribution in [0.25, 0.3) is 11.2 Å². The molecule has 0 fully saturated rings. The molecule has 0 bridgehead atoms. The standard InChI is InChI=1S/C23H25N5O6/c1-15-16(2)34-18(25-15)13-33-19(29)12-28-22(30)20-21(24-14-26(20)9-10-32-3)27(23(28)31)11-17-7-5-4-6-8-17/h4-8,14H,9-13H2,1-3H3. The third-order valence-electron chi connectivity index (χ3n) is 5.42. The van der Waals surface area contributed by atoms with Crippen molar-refractivity contribution in [3.05, 3.63) is 80.4 Å². The number of hydrogen-bond donors (Lipinski definition) is 0. The highest BCUT2D eigenvalue weighted by Crippen LogP contribution is 2.11. The summed E-state index contributed by atoms with van der Waals surface area (Å²) in [6, 6.07) is 9.31. The number of fused-ring (bicyclic) bond motifs is 1. The fraction of sp³-hybridized carbons (Fsp3) is 0.348. The van der Waals surface area contributed by atoms with Crippen LogP contribution in [-0.2, 0) is 40.5 Å². The van der Waals surface area contributed by atoms with Gasteiger partial charge in [-0.2, -0.15) is 0 Å². The van der Waals surface area contributed by atoms with Crippen molar-refractivity contribution < 1.29 is 18.7 Å². The third kappa shape index (κ3) is 4.69. The Morgan fingerprint density at radius 2 is 1.88 bits per heavy atom. The van der Waals surface area contributed by atoms with Gasteiger partial charge in [-0.15, -0.1) is 0 Å². The molecule has 0 N–H and O–H groups in total. The molecule has 0 saturated heterocycles. The number of aromatic nitrogens is 5. The van der Waals surface area contributed by atoms with Crippen LogP contribution in [0.1, 0.15) is 22.9 Å². The van der Waals surface area contributed by atoms with Crippen molar-refractivity contribution >= 4 is 17.1 Å². The van der Waals surface area contributed by atoms with Crippen molar-refractivity contribution in [2.75, 3.05) is 13.7 Å². The molecule has 4 rings (SSSR count). The normalized spacial score (nSPS) is 11.3. The Morgan fingerprint density at radius 1 is 1.12 bits per heavy atom. The Bertz CT molecular complexity index is 1410. The first-order valence-corrected chi connectivity index (χ1v) is 10.7. The van der Waals surface area contributed by atoms with E-state index in [0.29, 0.717) is 24.6 Å². The highest BCUT2D eigenvalue weighted by Gasteiger charge is 2.21. The van der Waals surface area contributed by atoms with Crippen molar-refractivity contribution in [2.24, 2.45) is 0 Å². The van der Waals surface area contributed by atoms with Crippen molar-refractivity contribution in [3.8, 4) is 0 Å². The van der Waals surface area contributed by atoms with Gasteiger partial charge in [0.2, 0.25) is 5.89 Å². The number of oxazole rings is 1. The second kappa shape index (κ2) is 9.87. The van der Waals surface area contributed by atoms with E-state index in [0.717, 1.165) is 10.1 Å². The van der Waals surface area contributed by atoms with E-state index in [-0.39, 0.29) is 30.2 Å². The third-order valence-corrected chi connectivity index (χ3v) is 5.42. The Hall–Kier alpha value is -3.99. The lowest BCUT2D eigenvalue weighted by Crippen LogP contribution is -2.42. The number of ether oxygens (including phenoxy) is 2. The van der Waals surface area contributed by atoms with Crippen LogP contribution in [0.5, 0.6) is 0 Å². The summed E-state index contributed by atoms with van der Waals surface area (Å²) in [5.41, 5.74) is 0.709. The average molecular weight is 467 g/mol.